The number of hydrogen-bond acceptors (Lipinski definition) is 4. The van der Waals surface area contributed by atoms with Crippen molar-refractivity contribution in [2.45, 2.75) is 59.3 Å². The average molecular weight is 350 g/mol. The summed E-state index contributed by atoms with van der Waals surface area (Å²) in [6.07, 6.45) is 6.16. The fourth-order valence-corrected chi connectivity index (χ4v) is 4.94. The molecule has 1 fully saturated rings. The monoisotopic (exact) mass is 350 g/mol. The first-order chi connectivity index (χ1) is 12.2. The van der Waals surface area contributed by atoms with E-state index >= 15 is 0 Å². The highest BCUT2D eigenvalue weighted by atomic mass is 16.1. The highest BCUT2D eigenvalue weighted by Gasteiger charge is 2.49. The second-order valence-corrected chi connectivity index (χ2v) is 9.62. The Bertz CT molecular complexity index is 846. The van der Waals surface area contributed by atoms with Crippen LogP contribution in [0.25, 0.3) is 0 Å². The van der Waals surface area contributed by atoms with Crippen molar-refractivity contribution in [1.29, 1.82) is 0 Å². The molecule has 3 aliphatic rings. The van der Waals surface area contributed by atoms with E-state index in [0.29, 0.717) is 12.8 Å². The lowest BCUT2D eigenvalue weighted by molar-refractivity contribution is -0.124. The van der Waals surface area contributed by atoms with Gasteiger partial charge in [-0.25, -0.2) is 0 Å². The molecule has 0 bridgehead atoms. The molecule has 1 aliphatic heterocycles. The molecule has 4 heteroatoms. The Labute approximate surface area is 154 Å². The lowest BCUT2D eigenvalue weighted by Gasteiger charge is -2.44. The second kappa shape index (κ2) is 5.70. The van der Waals surface area contributed by atoms with Crippen molar-refractivity contribution in [2.75, 3.05) is 0 Å². The summed E-state index contributed by atoms with van der Waals surface area (Å²) in [5.41, 5.74) is 3.51. The van der Waals surface area contributed by atoms with Crippen molar-refractivity contribution in [3.05, 3.63) is 41.4 Å². The van der Waals surface area contributed by atoms with Crippen molar-refractivity contribution in [1.82, 2.24) is 4.98 Å². The van der Waals surface area contributed by atoms with Crippen LogP contribution in [-0.4, -0.2) is 22.3 Å². The van der Waals surface area contributed by atoms with E-state index in [1.165, 1.54) is 0 Å². The van der Waals surface area contributed by atoms with E-state index in [2.05, 4.69) is 32.7 Å². The Morgan fingerprint density at radius 2 is 1.54 bits per heavy atom. The van der Waals surface area contributed by atoms with Gasteiger partial charge in [0.1, 0.15) is 5.78 Å². The van der Waals surface area contributed by atoms with Crippen LogP contribution in [0.2, 0.25) is 0 Å². The van der Waals surface area contributed by atoms with Crippen LogP contribution in [0.5, 0.6) is 0 Å². The van der Waals surface area contributed by atoms with E-state index in [-0.39, 0.29) is 34.2 Å². The van der Waals surface area contributed by atoms with Crippen LogP contribution in [0.1, 0.15) is 64.9 Å². The zero-order valence-corrected chi connectivity index (χ0v) is 16.0. The molecule has 0 N–H and O–H groups in total. The molecule has 2 heterocycles. The van der Waals surface area contributed by atoms with Crippen molar-refractivity contribution >= 4 is 17.3 Å². The molecular formula is C22H26N2O2. The third-order valence-corrected chi connectivity index (χ3v) is 5.90. The number of carbonyl (C=O) groups excluding carboxylic acids is 2. The highest BCUT2D eigenvalue weighted by molar-refractivity contribution is 6.13. The molecule has 4 nitrogen and oxygen atoms in total. The third-order valence-electron chi connectivity index (χ3n) is 5.90. The van der Waals surface area contributed by atoms with Gasteiger partial charge in [-0.2, -0.15) is 0 Å². The van der Waals surface area contributed by atoms with Crippen LogP contribution >= 0.6 is 0 Å². The molecule has 1 aromatic heterocycles. The van der Waals surface area contributed by atoms with Crippen LogP contribution in [0.15, 0.2) is 40.8 Å². The number of carbonyl (C=O) groups is 2. The standard InChI is InChI=1S/C22H26N2O2/c1-21(2)9-14-19(16(25)11-21)18(13-5-7-23-8-6-13)20-15(24-14)10-22(3,4)12-17(20)26/h5-8,18-19H,9-12H2,1-4H3/t18-,19?/m0/s1. The van der Waals surface area contributed by atoms with Gasteiger partial charge in [0.25, 0.3) is 0 Å². The molecule has 0 amide bonds. The van der Waals surface area contributed by atoms with Crippen molar-refractivity contribution in [2.24, 2.45) is 21.7 Å². The smallest absolute Gasteiger partial charge is 0.161 e. The number of hydrogen-bond donors (Lipinski definition) is 0. The fraction of sp³-hybridized carbons (Fsp3) is 0.545. The van der Waals surface area contributed by atoms with Crippen molar-refractivity contribution in [3.63, 3.8) is 0 Å². The SMILES string of the molecule is CC1(C)CC(=O)C2C(=NC3=C(C(=O)CC(C)(C)C3)[C@H]2c2ccncc2)C1. The van der Waals surface area contributed by atoms with E-state index in [9.17, 15) is 9.59 Å². The van der Waals surface area contributed by atoms with Gasteiger partial charge < -0.3 is 0 Å². The summed E-state index contributed by atoms with van der Waals surface area (Å²) >= 11 is 0. The van der Waals surface area contributed by atoms with Gasteiger partial charge in [-0.1, -0.05) is 27.7 Å². The van der Waals surface area contributed by atoms with Crippen LogP contribution in [0, 0.1) is 16.7 Å². The molecule has 1 saturated carbocycles. The number of aromatic nitrogens is 1. The van der Waals surface area contributed by atoms with Gasteiger partial charge in [-0.15, -0.1) is 0 Å². The largest absolute Gasteiger partial charge is 0.299 e. The first-order valence-corrected chi connectivity index (χ1v) is 9.43. The topological polar surface area (TPSA) is 59.4 Å². The van der Waals surface area contributed by atoms with Crippen LogP contribution < -0.4 is 0 Å². The predicted octanol–water partition coefficient (Wildman–Crippen LogP) is 4.27. The Morgan fingerprint density at radius 1 is 0.885 bits per heavy atom. The zero-order chi connectivity index (χ0) is 18.7. The summed E-state index contributed by atoms with van der Waals surface area (Å²) in [5, 5.41) is 0. The molecule has 0 radical (unpaired) electrons. The molecular weight excluding hydrogens is 324 g/mol. The molecule has 136 valence electrons. The third kappa shape index (κ3) is 2.85. The minimum Gasteiger partial charge on any atom is -0.299 e. The molecule has 2 aliphatic carbocycles. The lowest BCUT2D eigenvalue weighted by Crippen LogP contribution is -2.45. The molecule has 1 unspecified atom stereocenters. The lowest BCUT2D eigenvalue weighted by atomic mass is 9.60. The van der Waals surface area contributed by atoms with Crippen molar-refractivity contribution < 1.29 is 9.59 Å². The van der Waals surface area contributed by atoms with Crippen molar-refractivity contribution in [3.8, 4) is 0 Å². The number of Topliss-reactive ketones (excluding diaryl/α,β-unsaturated/α-hetero) is 2. The normalized spacial score (nSPS) is 29.8. The molecule has 0 saturated heterocycles. The predicted molar refractivity (Wildman–Crippen MR) is 101 cm³/mol. The Morgan fingerprint density at radius 3 is 2.23 bits per heavy atom. The van der Waals surface area contributed by atoms with Gasteiger partial charge in [0.05, 0.1) is 5.92 Å². The maximum Gasteiger partial charge on any atom is 0.161 e. The Balaban J connectivity index is 1.91. The Hall–Kier alpha value is -2.10. The summed E-state index contributed by atoms with van der Waals surface area (Å²) in [5.74, 6) is -0.133. The molecule has 4 rings (SSSR count). The molecule has 26 heavy (non-hydrogen) atoms. The molecule has 0 aromatic carbocycles. The maximum atomic E-state index is 13.1. The second-order valence-electron chi connectivity index (χ2n) is 9.62. The summed E-state index contributed by atoms with van der Waals surface area (Å²) in [6.45, 7) is 8.51. The zero-order valence-electron chi connectivity index (χ0n) is 16.0. The fourth-order valence-electron chi connectivity index (χ4n) is 4.94. The van der Waals surface area contributed by atoms with E-state index in [1.54, 1.807) is 12.4 Å². The first kappa shape index (κ1) is 17.3. The van der Waals surface area contributed by atoms with Gasteiger partial charge in [0.2, 0.25) is 0 Å². The molecule has 0 spiro atoms. The average Bonchev–Trinajstić information content (AvgIpc) is 2.51. The number of nitrogens with zero attached hydrogens (tertiary/aromatic N) is 2. The Kier molecular flexibility index (Phi) is 3.80. The minimum absolute atomic E-state index is 0.0680. The number of ketones is 2. The van der Waals surface area contributed by atoms with Gasteiger partial charge in [0, 0.05) is 48.1 Å². The number of fused-ring (bicyclic) bond motifs is 1. The summed E-state index contributed by atoms with van der Waals surface area (Å²) in [6, 6.07) is 3.89. The number of rotatable bonds is 1. The summed E-state index contributed by atoms with van der Waals surface area (Å²) in [7, 11) is 0. The van der Waals surface area contributed by atoms with Crippen LogP contribution in [-0.2, 0) is 9.59 Å². The van der Waals surface area contributed by atoms with E-state index in [0.717, 1.165) is 35.4 Å². The first-order valence-electron chi connectivity index (χ1n) is 9.43. The minimum atomic E-state index is -0.297. The number of pyridine rings is 1. The van der Waals surface area contributed by atoms with E-state index in [1.807, 2.05) is 12.1 Å². The quantitative estimate of drug-likeness (QED) is 0.760. The maximum absolute atomic E-state index is 13.1. The molecule has 1 aromatic rings. The van der Waals surface area contributed by atoms with Gasteiger partial charge >= 0.3 is 0 Å². The van der Waals surface area contributed by atoms with Gasteiger partial charge in [-0.3, -0.25) is 19.6 Å². The van der Waals surface area contributed by atoms with Gasteiger partial charge in [0.15, 0.2) is 5.78 Å². The summed E-state index contributed by atoms with van der Waals surface area (Å²) in [4.78, 5) is 35.2. The number of aliphatic imine (C=N–C) groups is 1. The number of allylic oxidation sites excluding steroid dienone is 2. The highest BCUT2D eigenvalue weighted by Crippen LogP contribution is 2.51. The van der Waals surface area contributed by atoms with E-state index < -0.39 is 0 Å². The van der Waals surface area contributed by atoms with Gasteiger partial charge in [-0.05, 0) is 41.4 Å². The van der Waals surface area contributed by atoms with Crippen LogP contribution in [0.4, 0.5) is 0 Å². The molecule has 2 atom stereocenters. The van der Waals surface area contributed by atoms with E-state index in [4.69, 9.17) is 4.99 Å². The van der Waals surface area contributed by atoms with Crippen LogP contribution in [0.3, 0.4) is 0 Å². The summed E-state index contributed by atoms with van der Waals surface area (Å²) < 4.78 is 0.